The van der Waals surface area contributed by atoms with Crippen LogP contribution in [0.1, 0.15) is 33.3 Å². The molecule has 0 aliphatic carbocycles. The average Bonchev–Trinajstić information content (AvgIpc) is 2.76. The second-order valence-electron chi connectivity index (χ2n) is 4.11. The molecule has 1 aromatic carbocycles. The van der Waals surface area contributed by atoms with E-state index in [0.29, 0.717) is 16.8 Å². The Hall–Kier alpha value is -2.36. The quantitative estimate of drug-likeness (QED) is 0.813. The number of H-pyrrole nitrogens is 1. The molecule has 4 heteroatoms. The Morgan fingerprint density at radius 2 is 2.00 bits per heavy atom. The lowest BCUT2D eigenvalue weighted by Gasteiger charge is -2.06. The van der Waals surface area contributed by atoms with Gasteiger partial charge in [0, 0.05) is 23.1 Å². The van der Waals surface area contributed by atoms with Crippen molar-refractivity contribution in [1.29, 1.82) is 0 Å². The van der Waals surface area contributed by atoms with Gasteiger partial charge in [-0.05, 0) is 32.0 Å². The fourth-order valence-electron chi connectivity index (χ4n) is 1.71. The maximum absolute atomic E-state index is 12.0. The highest BCUT2D eigenvalue weighted by molar-refractivity contribution is 6.05. The van der Waals surface area contributed by atoms with Crippen LogP contribution in [0.4, 0.5) is 5.69 Å². The maximum Gasteiger partial charge on any atom is 0.257 e. The molecule has 2 aromatic rings. The van der Waals surface area contributed by atoms with Gasteiger partial charge in [-0.25, -0.2) is 0 Å². The van der Waals surface area contributed by atoms with Crippen LogP contribution >= 0.6 is 0 Å². The minimum Gasteiger partial charge on any atom is -0.365 e. The SMILES string of the molecule is CC(=O)c1cccc(NC(=O)c2cc[nH]c2C)c1. The van der Waals surface area contributed by atoms with Crippen LogP contribution in [-0.2, 0) is 0 Å². The van der Waals surface area contributed by atoms with E-state index in [0.717, 1.165) is 5.69 Å². The molecule has 0 radical (unpaired) electrons. The third kappa shape index (κ3) is 2.48. The summed E-state index contributed by atoms with van der Waals surface area (Å²) in [6.45, 7) is 3.33. The van der Waals surface area contributed by atoms with E-state index < -0.39 is 0 Å². The van der Waals surface area contributed by atoms with Gasteiger partial charge in [0.1, 0.15) is 0 Å². The average molecular weight is 242 g/mol. The smallest absolute Gasteiger partial charge is 0.257 e. The largest absolute Gasteiger partial charge is 0.365 e. The van der Waals surface area contributed by atoms with Crippen molar-refractivity contribution in [2.24, 2.45) is 0 Å². The number of hydrogen-bond acceptors (Lipinski definition) is 2. The zero-order valence-corrected chi connectivity index (χ0v) is 10.3. The summed E-state index contributed by atoms with van der Waals surface area (Å²) >= 11 is 0. The molecule has 1 aromatic heterocycles. The molecule has 2 rings (SSSR count). The van der Waals surface area contributed by atoms with Gasteiger partial charge in [-0.15, -0.1) is 0 Å². The van der Waals surface area contributed by atoms with Gasteiger partial charge in [0.15, 0.2) is 5.78 Å². The Morgan fingerprint density at radius 3 is 2.61 bits per heavy atom. The number of amides is 1. The highest BCUT2D eigenvalue weighted by Gasteiger charge is 2.10. The van der Waals surface area contributed by atoms with Crippen molar-refractivity contribution in [2.75, 3.05) is 5.32 Å². The first-order chi connectivity index (χ1) is 8.58. The number of Topliss-reactive ketones (excluding diaryl/α,β-unsaturated/α-hetero) is 1. The van der Waals surface area contributed by atoms with E-state index in [4.69, 9.17) is 0 Å². The summed E-state index contributed by atoms with van der Waals surface area (Å²) in [6.07, 6.45) is 1.72. The number of carbonyl (C=O) groups excluding carboxylic acids is 2. The van der Waals surface area contributed by atoms with Gasteiger partial charge in [-0.3, -0.25) is 9.59 Å². The van der Waals surface area contributed by atoms with Crippen LogP contribution in [0.5, 0.6) is 0 Å². The van der Waals surface area contributed by atoms with E-state index in [1.807, 2.05) is 6.92 Å². The van der Waals surface area contributed by atoms with Crippen LogP contribution in [0, 0.1) is 6.92 Å². The normalized spacial score (nSPS) is 10.1. The second-order valence-corrected chi connectivity index (χ2v) is 4.11. The number of carbonyl (C=O) groups is 2. The predicted octanol–water partition coefficient (Wildman–Crippen LogP) is 2.78. The molecule has 18 heavy (non-hydrogen) atoms. The fourth-order valence-corrected chi connectivity index (χ4v) is 1.71. The third-order valence-corrected chi connectivity index (χ3v) is 2.73. The highest BCUT2D eigenvalue weighted by Crippen LogP contribution is 2.14. The Bertz CT molecular complexity index is 599. The van der Waals surface area contributed by atoms with Crippen molar-refractivity contribution < 1.29 is 9.59 Å². The summed E-state index contributed by atoms with van der Waals surface area (Å²) in [6, 6.07) is 8.61. The fraction of sp³-hybridized carbons (Fsp3) is 0.143. The molecule has 0 spiro atoms. The van der Waals surface area contributed by atoms with Crippen molar-refractivity contribution in [2.45, 2.75) is 13.8 Å². The lowest BCUT2D eigenvalue weighted by atomic mass is 10.1. The van der Waals surface area contributed by atoms with Crippen molar-refractivity contribution in [3.05, 3.63) is 53.3 Å². The number of anilines is 1. The van der Waals surface area contributed by atoms with Gasteiger partial charge in [-0.1, -0.05) is 12.1 Å². The van der Waals surface area contributed by atoms with Crippen LogP contribution in [-0.4, -0.2) is 16.7 Å². The van der Waals surface area contributed by atoms with Gasteiger partial charge < -0.3 is 10.3 Å². The molecule has 4 nitrogen and oxygen atoms in total. The Labute approximate surface area is 105 Å². The molecule has 0 fully saturated rings. The standard InChI is InChI=1S/C14H14N2O2/c1-9-13(6-7-15-9)14(18)16-12-5-3-4-11(8-12)10(2)17/h3-8,15H,1-2H3,(H,16,18). The molecule has 2 N–H and O–H groups in total. The topological polar surface area (TPSA) is 62.0 Å². The van der Waals surface area contributed by atoms with Gasteiger partial charge in [0.05, 0.1) is 5.56 Å². The van der Waals surface area contributed by atoms with Crippen LogP contribution in [0.25, 0.3) is 0 Å². The zero-order chi connectivity index (χ0) is 13.1. The molecule has 1 heterocycles. The van der Waals surface area contributed by atoms with Crippen molar-refractivity contribution in [3.8, 4) is 0 Å². The number of aromatic amines is 1. The molecule has 0 unspecified atom stereocenters. The minimum absolute atomic E-state index is 0.0241. The van der Waals surface area contributed by atoms with Gasteiger partial charge in [-0.2, -0.15) is 0 Å². The molecular formula is C14H14N2O2. The van der Waals surface area contributed by atoms with Crippen molar-refractivity contribution in [3.63, 3.8) is 0 Å². The van der Waals surface area contributed by atoms with E-state index in [-0.39, 0.29) is 11.7 Å². The first kappa shape index (κ1) is 12.1. The van der Waals surface area contributed by atoms with Crippen molar-refractivity contribution >= 4 is 17.4 Å². The number of rotatable bonds is 3. The van der Waals surface area contributed by atoms with E-state index in [2.05, 4.69) is 10.3 Å². The third-order valence-electron chi connectivity index (χ3n) is 2.73. The first-order valence-electron chi connectivity index (χ1n) is 5.64. The monoisotopic (exact) mass is 242 g/mol. The number of hydrogen-bond donors (Lipinski definition) is 2. The first-order valence-corrected chi connectivity index (χ1v) is 5.64. The lowest BCUT2D eigenvalue weighted by molar-refractivity contribution is 0.101. The van der Waals surface area contributed by atoms with Gasteiger partial charge in [0.2, 0.25) is 0 Å². The molecule has 0 atom stereocenters. The molecule has 0 aliphatic rings. The zero-order valence-electron chi connectivity index (χ0n) is 10.3. The number of benzene rings is 1. The Kier molecular flexibility index (Phi) is 3.28. The van der Waals surface area contributed by atoms with Crippen LogP contribution < -0.4 is 5.32 Å². The van der Waals surface area contributed by atoms with E-state index >= 15 is 0 Å². The molecular weight excluding hydrogens is 228 g/mol. The Balaban J connectivity index is 2.20. The summed E-state index contributed by atoms with van der Waals surface area (Å²) in [7, 11) is 0. The van der Waals surface area contributed by atoms with Gasteiger partial charge in [0.25, 0.3) is 5.91 Å². The number of aromatic nitrogens is 1. The summed E-state index contributed by atoms with van der Waals surface area (Å²) in [4.78, 5) is 26.2. The molecule has 1 amide bonds. The van der Waals surface area contributed by atoms with Crippen molar-refractivity contribution in [1.82, 2.24) is 4.98 Å². The van der Waals surface area contributed by atoms with Crippen LogP contribution in [0.3, 0.4) is 0 Å². The predicted molar refractivity (Wildman–Crippen MR) is 69.9 cm³/mol. The minimum atomic E-state index is -0.186. The van der Waals surface area contributed by atoms with E-state index in [1.54, 1.807) is 36.5 Å². The Morgan fingerprint density at radius 1 is 1.22 bits per heavy atom. The lowest BCUT2D eigenvalue weighted by Crippen LogP contribution is -2.12. The number of nitrogens with one attached hydrogen (secondary N) is 2. The highest BCUT2D eigenvalue weighted by atomic mass is 16.1. The molecule has 92 valence electrons. The summed E-state index contributed by atoms with van der Waals surface area (Å²) in [5, 5.41) is 2.77. The van der Waals surface area contributed by atoms with Crippen LogP contribution in [0.2, 0.25) is 0 Å². The molecule has 0 saturated heterocycles. The van der Waals surface area contributed by atoms with E-state index in [9.17, 15) is 9.59 Å². The summed E-state index contributed by atoms with van der Waals surface area (Å²) < 4.78 is 0. The molecule has 0 bridgehead atoms. The second kappa shape index (κ2) is 4.87. The summed E-state index contributed by atoms with van der Waals surface area (Å²) in [5.74, 6) is -0.210. The van der Waals surface area contributed by atoms with Gasteiger partial charge >= 0.3 is 0 Å². The maximum atomic E-state index is 12.0. The number of ketones is 1. The molecule has 0 saturated carbocycles. The number of aryl methyl sites for hydroxylation is 1. The summed E-state index contributed by atoms with van der Waals surface area (Å²) in [5.41, 5.74) is 2.62. The van der Waals surface area contributed by atoms with Crippen LogP contribution in [0.15, 0.2) is 36.5 Å². The van der Waals surface area contributed by atoms with E-state index in [1.165, 1.54) is 6.92 Å². The molecule has 0 aliphatic heterocycles.